The topological polar surface area (TPSA) is 76.5 Å². The highest BCUT2D eigenvalue weighted by Crippen LogP contribution is 2.19. The summed E-state index contributed by atoms with van der Waals surface area (Å²) in [6, 6.07) is 1.86. The molecule has 1 N–H and O–H groups in total. The molecule has 7 nitrogen and oxygen atoms in total. The Morgan fingerprint density at radius 1 is 1.16 bits per heavy atom. The summed E-state index contributed by atoms with van der Waals surface area (Å²) in [4.78, 5) is 26.4. The van der Waals surface area contributed by atoms with E-state index in [0.29, 0.717) is 11.6 Å². The number of aromatic nitrogens is 2. The second kappa shape index (κ2) is 8.36. The molecular weight excluding hydrogens is 320 g/mol. The predicted octanol–water partition coefficient (Wildman–Crippen LogP) is 1.87. The van der Waals surface area contributed by atoms with E-state index >= 15 is 0 Å². The van der Waals surface area contributed by atoms with E-state index in [1.807, 2.05) is 4.90 Å². The van der Waals surface area contributed by atoms with Gasteiger partial charge in [-0.3, -0.25) is 9.59 Å². The normalized spacial score (nSPS) is 18.8. The van der Waals surface area contributed by atoms with Crippen molar-refractivity contribution in [1.82, 2.24) is 20.0 Å². The molecule has 2 heterocycles. The molecule has 1 aliphatic heterocycles. The van der Waals surface area contributed by atoms with Crippen molar-refractivity contribution in [3.63, 3.8) is 0 Å². The first-order valence-corrected chi connectivity index (χ1v) is 9.39. The van der Waals surface area contributed by atoms with E-state index in [1.54, 1.807) is 13.1 Å². The lowest BCUT2D eigenvalue weighted by Gasteiger charge is -2.26. The quantitative estimate of drug-likeness (QED) is 0.881. The number of hydrogen-bond acceptors (Lipinski definition) is 4. The van der Waals surface area contributed by atoms with E-state index in [9.17, 15) is 9.59 Å². The van der Waals surface area contributed by atoms with Crippen molar-refractivity contribution in [1.29, 1.82) is 0 Å². The van der Waals surface area contributed by atoms with Crippen LogP contribution in [0.3, 0.4) is 0 Å². The van der Waals surface area contributed by atoms with Crippen molar-refractivity contribution in [3.8, 4) is 5.88 Å². The Hall–Kier alpha value is -2.05. The van der Waals surface area contributed by atoms with Crippen molar-refractivity contribution in [3.05, 3.63) is 11.8 Å². The third-order valence-corrected chi connectivity index (χ3v) is 5.06. The molecule has 2 amide bonds. The summed E-state index contributed by atoms with van der Waals surface area (Å²) in [6.45, 7) is 1.61. The molecule has 138 valence electrons. The highest BCUT2D eigenvalue weighted by Gasteiger charge is 2.21. The Labute approximate surface area is 148 Å². The lowest BCUT2D eigenvalue weighted by Crippen LogP contribution is -2.38. The van der Waals surface area contributed by atoms with Gasteiger partial charge < -0.3 is 15.0 Å². The van der Waals surface area contributed by atoms with E-state index in [1.165, 1.54) is 30.4 Å². The first-order valence-electron chi connectivity index (χ1n) is 9.39. The Balaban J connectivity index is 1.52. The first kappa shape index (κ1) is 17.8. The number of hydrogen-bond donors (Lipinski definition) is 1. The van der Waals surface area contributed by atoms with Crippen molar-refractivity contribution in [2.45, 2.75) is 57.4 Å². The largest absolute Gasteiger partial charge is 0.468 e. The van der Waals surface area contributed by atoms with Crippen LogP contribution in [0.1, 0.15) is 61.9 Å². The van der Waals surface area contributed by atoms with Gasteiger partial charge in [-0.2, -0.15) is 5.10 Å². The van der Waals surface area contributed by atoms with E-state index in [0.717, 1.165) is 38.8 Å². The molecule has 0 atom stereocenters. The lowest BCUT2D eigenvalue weighted by molar-refractivity contribution is -0.134. The predicted molar refractivity (Wildman–Crippen MR) is 93.5 cm³/mol. The molecule has 1 aliphatic carbocycles. The van der Waals surface area contributed by atoms with Gasteiger partial charge in [-0.15, -0.1) is 0 Å². The van der Waals surface area contributed by atoms with Crippen molar-refractivity contribution in [2.24, 2.45) is 7.05 Å². The number of nitrogens with zero attached hydrogens (tertiary/aromatic N) is 3. The summed E-state index contributed by atoms with van der Waals surface area (Å²) in [6.07, 6.45) is 8.95. The number of rotatable bonds is 5. The van der Waals surface area contributed by atoms with Gasteiger partial charge in [-0.25, -0.2) is 4.68 Å². The molecule has 1 saturated carbocycles. The van der Waals surface area contributed by atoms with E-state index < -0.39 is 0 Å². The highest BCUT2D eigenvalue weighted by molar-refractivity contribution is 5.92. The molecule has 0 bridgehead atoms. The molecule has 1 saturated heterocycles. The molecule has 7 heteroatoms. The average molecular weight is 348 g/mol. The number of carbonyl (C=O) groups excluding carboxylic acids is 2. The van der Waals surface area contributed by atoms with Crippen LogP contribution in [-0.2, 0) is 11.8 Å². The van der Waals surface area contributed by atoms with Gasteiger partial charge in [-0.1, -0.05) is 19.3 Å². The Bertz CT molecular complexity index is 601. The minimum atomic E-state index is -0.167. The minimum Gasteiger partial charge on any atom is -0.468 e. The number of amides is 2. The Morgan fingerprint density at radius 2 is 1.84 bits per heavy atom. The van der Waals surface area contributed by atoms with Crippen molar-refractivity contribution >= 4 is 11.8 Å². The van der Waals surface area contributed by atoms with E-state index in [4.69, 9.17) is 4.74 Å². The molecule has 25 heavy (non-hydrogen) atoms. The fraction of sp³-hybridized carbons (Fsp3) is 0.722. The number of piperidine rings is 1. The first-order chi connectivity index (χ1) is 12.1. The van der Waals surface area contributed by atoms with Crippen LogP contribution in [0, 0.1) is 0 Å². The number of nitrogens with one attached hydrogen (secondary N) is 1. The van der Waals surface area contributed by atoms with Gasteiger partial charge in [0.25, 0.3) is 11.8 Å². The summed E-state index contributed by atoms with van der Waals surface area (Å²) >= 11 is 0. The maximum atomic E-state index is 12.3. The molecular formula is C18H28N4O3. The van der Waals surface area contributed by atoms with Gasteiger partial charge in [0.1, 0.15) is 0 Å². The summed E-state index contributed by atoms with van der Waals surface area (Å²) in [5.74, 6) is 0.271. The van der Waals surface area contributed by atoms with Gasteiger partial charge in [0.2, 0.25) is 5.88 Å². The summed E-state index contributed by atoms with van der Waals surface area (Å²) in [5.41, 5.74) is 0.341. The fourth-order valence-corrected chi connectivity index (χ4v) is 3.57. The monoisotopic (exact) mass is 348 g/mol. The van der Waals surface area contributed by atoms with Crippen LogP contribution in [0.4, 0.5) is 0 Å². The summed E-state index contributed by atoms with van der Waals surface area (Å²) in [5, 5.41) is 7.27. The van der Waals surface area contributed by atoms with Crippen molar-refractivity contribution < 1.29 is 14.3 Å². The third kappa shape index (κ3) is 4.74. The molecule has 0 radical (unpaired) electrons. The average Bonchev–Trinajstić information content (AvgIpc) is 3.02. The lowest BCUT2D eigenvalue weighted by atomic mass is 9.95. The zero-order valence-corrected chi connectivity index (χ0v) is 15.0. The van der Waals surface area contributed by atoms with Crippen LogP contribution < -0.4 is 10.1 Å². The van der Waals surface area contributed by atoms with Crippen LogP contribution in [0.15, 0.2) is 6.07 Å². The standard InChI is InChI=1S/C18H28N4O3/c1-21-17(25-13-16(23)22-10-6-3-7-11-22)12-15(20-21)18(24)19-14-8-4-2-5-9-14/h12,14H,2-11,13H2,1H3,(H,19,24). The van der Waals surface area contributed by atoms with Gasteiger partial charge in [0, 0.05) is 32.2 Å². The van der Waals surface area contributed by atoms with Gasteiger partial charge in [0.05, 0.1) is 0 Å². The zero-order valence-electron chi connectivity index (χ0n) is 15.0. The number of likely N-dealkylation sites (tertiary alicyclic amines) is 1. The van der Waals surface area contributed by atoms with Gasteiger partial charge in [0.15, 0.2) is 12.3 Å². The Morgan fingerprint density at radius 3 is 2.56 bits per heavy atom. The van der Waals surface area contributed by atoms with E-state index in [2.05, 4.69) is 10.4 Å². The summed E-state index contributed by atoms with van der Waals surface area (Å²) in [7, 11) is 1.72. The molecule has 0 spiro atoms. The van der Waals surface area contributed by atoms with Gasteiger partial charge >= 0.3 is 0 Å². The number of ether oxygens (including phenoxy) is 1. The summed E-state index contributed by atoms with van der Waals surface area (Å²) < 4.78 is 7.12. The zero-order chi connectivity index (χ0) is 17.6. The second-order valence-electron chi connectivity index (χ2n) is 7.03. The molecule has 0 unspecified atom stereocenters. The molecule has 0 aromatic carbocycles. The van der Waals surface area contributed by atoms with Crippen LogP contribution in [0.5, 0.6) is 5.88 Å². The molecule has 3 rings (SSSR count). The SMILES string of the molecule is Cn1nc(C(=O)NC2CCCCC2)cc1OCC(=O)N1CCCCC1. The third-order valence-electron chi connectivity index (χ3n) is 5.06. The van der Waals surface area contributed by atoms with Crippen molar-refractivity contribution in [2.75, 3.05) is 19.7 Å². The molecule has 1 aromatic heterocycles. The Kier molecular flexibility index (Phi) is 5.94. The molecule has 2 fully saturated rings. The molecule has 2 aliphatic rings. The number of aryl methyl sites for hydroxylation is 1. The fourth-order valence-electron chi connectivity index (χ4n) is 3.57. The second-order valence-corrected chi connectivity index (χ2v) is 7.03. The van der Waals surface area contributed by atoms with Crippen LogP contribution >= 0.6 is 0 Å². The van der Waals surface area contributed by atoms with E-state index in [-0.39, 0.29) is 24.5 Å². The van der Waals surface area contributed by atoms with Crippen LogP contribution in [0.2, 0.25) is 0 Å². The maximum absolute atomic E-state index is 12.3. The van der Waals surface area contributed by atoms with Crippen LogP contribution in [-0.4, -0.2) is 52.2 Å². The van der Waals surface area contributed by atoms with Gasteiger partial charge in [-0.05, 0) is 32.1 Å². The smallest absolute Gasteiger partial charge is 0.272 e. The molecule has 1 aromatic rings. The maximum Gasteiger partial charge on any atom is 0.272 e. The minimum absolute atomic E-state index is 0.00546. The van der Waals surface area contributed by atoms with Crippen LogP contribution in [0.25, 0.3) is 0 Å². The number of carbonyl (C=O) groups is 2. The highest BCUT2D eigenvalue weighted by atomic mass is 16.5.